The van der Waals surface area contributed by atoms with Crippen LogP contribution in [0.3, 0.4) is 0 Å². The first kappa shape index (κ1) is 20.3. The van der Waals surface area contributed by atoms with Gasteiger partial charge in [-0.2, -0.15) is 0 Å². The van der Waals surface area contributed by atoms with Gasteiger partial charge >= 0.3 is 0 Å². The van der Waals surface area contributed by atoms with Crippen LogP contribution in [-0.4, -0.2) is 19.9 Å². The Bertz CT molecular complexity index is 937. The highest BCUT2D eigenvalue weighted by Crippen LogP contribution is 2.24. The molecule has 2 aromatic rings. The number of anilines is 1. The Hall–Kier alpha value is -2.03. The van der Waals surface area contributed by atoms with Crippen LogP contribution in [-0.2, 0) is 10.0 Å². The summed E-state index contributed by atoms with van der Waals surface area (Å²) in [5, 5.41) is 2.25. The molecule has 0 bridgehead atoms. The number of carbonyl (C=O) groups excluding carboxylic acids is 1. The number of halogens is 3. The predicted molar refractivity (Wildman–Crippen MR) is 95.8 cm³/mol. The van der Waals surface area contributed by atoms with Gasteiger partial charge in [-0.1, -0.05) is 11.6 Å². The molecule has 2 rings (SSSR count). The third-order valence-corrected chi connectivity index (χ3v) is 5.28. The van der Waals surface area contributed by atoms with Gasteiger partial charge in [-0.05, 0) is 51.1 Å². The first-order chi connectivity index (χ1) is 11.9. The molecule has 0 saturated heterocycles. The molecular formula is C17H17ClF2N2O3S. The van der Waals surface area contributed by atoms with E-state index in [4.69, 9.17) is 11.6 Å². The second kappa shape index (κ2) is 7.30. The average Bonchev–Trinajstić information content (AvgIpc) is 2.43. The molecule has 0 unspecified atom stereocenters. The number of amides is 1. The van der Waals surface area contributed by atoms with Gasteiger partial charge in [-0.15, -0.1) is 0 Å². The van der Waals surface area contributed by atoms with Crippen LogP contribution in [0.15, 0.2) is 41.3 Å². The molecule has 0 spiro atoms. The highest BCUT2D eigenvalue weighted by molar-refractivity contribution is 7.89. The van der Waals surface area contributed by atoms with Crippen LogP contribution >= 0.6 is 11.6 Å². The second-order valence-corrected chi connectivity index (χ2v) is 8.67. The maximum atomic E-state index is 13.2. The fraction of sp³-hybridized carbons (Fsp3) is 0.235. The molecule has 1 amide bonds. The summed E-state index contributed by atoms with van der Waals surface area (Å²) >= 11 is 5.97. The zero-order valence-electron chi connectivity index (χ0n) is 14.2. The highest BCUT2D eigenvalue weighted by atomic mass is 35.5. The van der Waals surface area contributed by atoms with Crippen LogP contribution in [0.4, 0.5) is 14.5 Å². The van der Waals surface area contributed by atoms with Gasteiger partial charge in [0.05, 0.1) is 5.02 Å². The van der Waals surface area contributed by atoms with Crippen molar-refractivity contribution in [3.05, 3.63) is 58.6 Å². The van der Waals surface area contributed by atoms with Crippen LogP contribution < -0.4 is 10.0 Å². The number of rotatable bonds is 4. The molecule has 2 aromatic carbocycles. The summed E-state index contributed by atoms with van der Waals surface area (Å²) in [6, 6.07) is 6.22. The van der Waals surface area contributed by atoms with Gasteiger partial charge in [0.2, 0.25) is 10.0 Å². The zero-order valence-corrected chi connectivity index (χ0v) is 15.8. The van der Waals surface area contributed by atoms with Crippen LogP contribution in [0.5, 0.6) is 0 Å². The summed E-state index contributed by atoms with van der Waals surface area (Å²) in [6.45, 7) is 4.98. The Labute approximate surface area is 155 Å². The quantitative estimate of drug-likeness (QED) is 0.813. The molecule has 0 aliphatic carbocycles. The fourth-order valence-corrected chi connectivity index (χ4v) is 4.08. The van der Waals surface area contributed by atoms with Gasteiger partial charge < -0.3 is 5.32 Å². The number of hydrogen-bond donors (Lipinski definition) is 2. The summed E-state index contributed by atoms with van der Waals surface area (Å²) < 4.78 is 53.8. The van der Waals surface area contributed by atoms with Crippen molar-refractivity contribution in [2.45, 2.75) is 31.2 Å². The molecule has 140 valence electrons. The Morgan fingerprint density at radius 1 is 1.04 bits per heavy atom. The predicted octanol–water partition coefficient (Wildman–Crippen LogP) is 3.95. The molecule has 5 nitrogen and oxygen atoms in total. The minimum Gasteiger partial charge on any atom is -0.322 e. The lowest BCUT2D eigenvalue weighted by Crippen LogP contribution is -2.40. The Balaban J connectivity index is 2.35. The molecule has 0 radical (unpaired) electrons. The van der Waals surface area contributed by atoms with E-state index in [1.165, 1.54) is 12.1 Å². The van der Waals surface area contributed by atoms with Crippen LogP contribution in [0.2, 0.25) is 5.02 Å². The topological polar surface area (TPSA) is 75.3 Å². The first-order valence-electron chi connectivity index (χ1n) is 7.48. The van der Waals surface area contributed by atoms with Crippen LogP contribution in [0.1, 0.15) is 31.1 Å². The molecule has 0 atom stereocenters. The summed E-state index contributed by atoms with van der Waals surface area (Å²) in [7, 11) is -3.97. The normalized spacial score (nSPS) is 12.1. The van der Waals surface area contributed by atoms with Gasteiger partial charge in [0.25, 0.3) is 5.91 Å². The average molecular weight is 403 g/mol. The van der Waals surface area contributed by atoms with E-state index >= 15 is 0 Å². The number of nitrogens with one attached hydrogen (secondary N) is 2. The van der Waals surface area contributed by atoms with Gasteiger partial charge in [-0.25, -0.2) is 21.9 Å². The lowest BCUT2D eigenvalue weighted by Gasteiger charge is -2.21. The highest BCUT2D eigenvalue weighted by Gasteiger charge is 2.25. The third-order valence-electron chi connectivity index (χ3n) is 3.04. The number of sulfonamides is 1. The number of hydrogen-bond acceptors (Lipinski definition) is 3. The SMILES string of the molecule is CC(C)(C)NS(=O)(=O)c1cc(C(=O)Nc2cc(F)cc(F)c2)ccc1Cl. The minimum absolute atomic E-state index is 0.0339. The van der Waals surface area contributed by atoms with Crippen LogP contribution in [0.25, 0.3) is 0 Å². The molecule has 0 saturated carbocycles. The van der Waals surface area contributed by atoms with Gasteiger partial charge in [0, 0.05) is 22.9 Å². The molecule has 26 heavy (non-hydrogen) atoms. The maximum Gasteiger partial charge on any atom is 0.255 e. The van der Waals surface area contributed by atoms with Gasteiger partial charge in [0.15, 0.2) is 0 Å². The summed E-state index contributed by atoms with van der Waals surface area (Å²) in [6.07, 6.45) is 0. The summed E-state index contributed by atoms with van der Waals surface area (Å²) in [4.78, 5) is 12.0. The molecule has 0 aliphatic rings. The molecular weight excluding hydrogens is 386 g/mol. The van der Waals surface area contributed by atoms with E-state index in [-0.39, 0.29) is 21.2 Å². The summed E-state index contributed by atoms with van der Waals surface area (Å²) in [5.74, 6) is -2.44. The van der Waals surface area contributed by atoms with Crippen molar-refractivity contribution in [3.63, 3.8) is 0 Å². The van der Waals surface area contributed by atoms with E-state index in [0.29, 0.717) is 6.07 Å². The van der Waals surface area contributed by atoms with Crippen LogP contribution in [0, 0.1) is 11.6 Å². The first-order valence-corrected chi connectivity index (χ1v) is 9.34. The lowest BCUT2D eigenvalue weighted by atomic mass is 10.1. The molecule has 9 heteroatoms. The minimum atomic E-state index is -3.97. The van der Waals surface area contributed by atoms with E-state index in [1.807, 2.05) is 0 Å². The second-order valence-electron chi connectivity index (χ2n) is 6.61. The monoisotopic (exact) mass is 402 g/mol. The van der Waals surface area contributed by atoms with Crippen molar-refractivity contribution in [3.8, 4) is 0 Å². The van der Waals surface area contributed by atoms with Gasteiger partial charge in [0.1, 0.15) is 16.5 Å². The molecule has 2 N–H and O–H groups in total. The largest absolute Gasteiger partial charge is 0.322 e. The van der Waals surface area contributed by atoms with Crippen molar-refractivity contribution in [2.24, 2.45) is 0 Å². The van der Waals surface area contributed by atoms with Gasteiger partial charge in [-0.3, -0.25) is 4.79 Å². The third kappa shape index (κ3) is 5.23. The molecule has 0 heterocycles. The van der Waals surface area contributed by atoms with E-state index < -0.39 is 33.1 Å². The smallest absolute Gasteiger partial charge is 0.255 e. The van der Waals surface area contributed by atoms with Crippen molar-refractivity contribution in [2.75, 3.05) is 5.32 Å². The number of carbonyl (C=O) groups is 1. The van der Waals surface area contributed by atoms with E-state index in [0.717, 1.165) is 18.2 Å². The van der Waals surface area contributed by atoms with E-state index in [9.17, 15) is 22.0 Å². The molecule has 0 aliphatic heterocycles. The number of benzene rings is 2. The fourth-order valence-electron chi connectivity index (χ4n) is 2.14. The standard InChI is InChI=1S/C17H17ClF2N2O3S/c1-17(2,3)22-26(24,25)15-6-10(4-5-14(15)18)16(23)21-13-8-11(19)7-12(20)9-13/h4-9,22H,1-3H3,(H,21,23). The maximum absolute atomic E-state index is 13.2. The van der Waals surface area contributed by atoms with Crippen molar-refractivity contribution in [1.82, 2.24) is 4.72 Å². The lowest BCUT2D eigenvalue weighted by molar-refractivity contribution is 0.102. The van der Waals surface area contributed by atoms with E-state index in [2.05, 4.69) is 10.0 Å². The van der Waals surface area contributed by atoms with Crippen molar-refractivity contribution >= 4 is 33.2 Å². The summed E-state index contributed by atoms with van der Waals surface area (Å²) in [5.41, 5.74) is -0.882. The molecule has 0 aromatic heterocycles. The van der Waals surface area contributed by atoms with E-state index in [1.54, 1.807) is 20.8 Å². The van der Waals surface area contributed by atoms with Crippen molar-refractivity contribution < 1.29 is 22.0 Å². The Kier molecular flexibility index (Phi) is 5.70. The molecule has 0 fully saturated rings. The Morgan fingerprint density at radius 3 is 2.15 bits per heavy atom. The Morgan fingerprint density at radius 2 is 1.62 bits per heavy atom. The zero-order chi connectivity index (χ0) is 19.7. The van der Waals surface area contributed by atoms with Crippen molar-refractivity contribution in [1.29, 1.82) is 0 Å².